The number of aryl methyl sites for hydroxylation is 2. The number of sulfonamides is 1. The highest BCUT2D eigenvalue weighted by molar-refractivity contribution is 7.89. The zero-order valence-electron chi connectivity index (χ0n) is 18.0. The van der Waals surface area contributed by atoms with Gasteiger partial charge in [-0.3, -0.25) is 9.69 Å². The molecule has 8 heteroatoms. The van der Waals surface area contributed by atoms with Crippen molar-refractivity contribution in [2.75, 3.05) is 32.7 Å². The molecule has 1 saturated heterocycles. The number of carbonyl (C=O) groups is 1. The standard InChI is InChI=1S/C22H32N4O3S/c1-18-7-8-19(2)20(15-18)30(28,29)26-13-11-25(12-14-26)16-21(27)24-22(17-23)9-5-3-4-6-10-22/h7-8,15H,3-6,9-14,16H2,1-2H3,(H,24,27). The number of carbonyl (C=O) groups excluding carboxylic acids is 1. The largest absolute Gasteiger partial charge is 0.337 e. The van der Waals surface area contributed by atoms with Gasteiger partial charge in [0.15, 0.2) is 0 Å². The van der Waals surface area contributed by atoms with Gasteiger partial charge in [0.2, 0.25) is 15.9 Å². The molecule has 0 bridgehead atoms. The number of rotatable bonds is 5. The third-order valence-electron chi connectivity index (χ3n) is 6.21. The number of amides is 1. The van der Waals surface area contributed by atoms with E-state index in [1.54, 1.807) is 6.07 Å². The summed E-state index contributed by atoms with van der Waals surface area (Å²) in [5, 5.41) is 12.6. The van der Waals surface area contributed by atoms with Gasteiger partial charge >= 0.3 is 0 Å². The molecule has 1 aliphatic carbocycles. The lowest BCUT2D eigenvalue weighted by molar-refractivity contribution is -0.124. The summed E-state index contributed by atoms with van der Waals surface area (Å²) in [6.45, 7) is 5.59. The van der Waals surface area contributed by atoms with Gasteiger partial charge < -0.3 is 5.32 Å². The molecule has 164 valence electrons. The Morgan fingerprint density at radius 3 is 2.33 bits per heavy atom. The summed E-state index contributed by atoms with van der Waals surface area (Å²) in [6, 6.07) is 7.81. The topological polar surface area (TPSA) is 93.5 Å². The zero-order chi connectivity index (χ0) is 21.8. The fourth-order valence-electron chi connectivity index (χ4n) is 4.36. The van der Waals surface area contributed by atoms with Crippen LogP contribution in [0.25, 0.3) is 0 Å². The molecule has 0 spiro atoms. The van der Waals surface area contributed by atoms with E-state index < -0.39 is 15.6 Å². The Hall–Kier alpha value is -1.95. The average Bonchev–Trinajstić information content (AvgIpc) is 2.96. The number of hydrogen-bond acceptors (Lipinski definition) is 5. The quantitative estimate of drug-likeness (QED) is 0.721. The molecule has 0 unspecified atom stereocenters. The SMILES string of the molecule is Cc1ccc(C)c(S(=O)(=O)N2CCN(CC(=O)NC3(C#N)CCCCCC3)CC2)c1. The first-order valence-corrected chi connectivity index (χ1v) is 12.2. The van der Waals surface area contributed by atoms with Gasteiger partial charge in [-0.15, -0.1) is 0 Å². The first-order valence-electron chi connectivity index (χ1n) is 10.8. The van der Waals surface area contributed by atoms with E-state index in [-0.39, 0.29) is 12.5 Å². The Morgan fingerprint density at radius 2 is 1.73 bits per heavy atom. The molecule has 1 heterocycles. The van der Waals surface area contributed by atoms with Crippen molar-refractivity contribution in [2.24, 2.45) is 0 Å². The van der Waals surface area contributed by atoms with Gasteiger partial charge in [-0.1, -0.05) is 37.8 Å². The second kappa shape index (κ2) is 9.46. The minimum atomic E-state index is -3.54. The van der Waals surface area contributed by atoms with Crippen LogP contribution in [0.2, 0.25) is 0 Å². The molecule has 1 saturated carbocycles. The van der Waals surface area contributed by atoms with Crippen LogP contribution >= 0.6 is 0 Å². The van der Waals surface area contributed by atoms with E-state index in [2.05, 4.69) is 11.4 Å². The summed E-state index contributed by atoms with van der Waals surface area (Å²) in [5.74, 6) is -0.149. The van der Waals surface area contributed by atoms with Crippen molar-refractivity contribution in [1.82, 2.24) is 14.5 Å². The smallest absolute Gasteiger partial charge is 0.243 e. The van der Waals surface area contributed by atoms with Crippen molar-refractivity contribution in [2.45, 2.75) is 62.8 Å². The third-order valence-corrected chi connectivity index (χ3v) is 8.25. The maximum absolute atomic E-state index is 13.1. The van der Waals surface area contributed by atoms with Gasteiger partial charge in [0, 0.05) is 26.2 Å². The number of benzene rings is 1. The Morgan fingerprint density at radius 1 is 1.10 bits per heavy atom. The number of nitrogens with zero attached hydrogens (tertiary/aromatic N) is 3. The monoisotopic (exact) mass is 432 g/mol. The second-order valence-electron chi connectivity index (χ2n) is 8.61. The van der Waals surface area contributed by atoms with Crippen molar-refractivity contribution in [3.8, 4) is 6.07 Å². The van der Waals surface area contributed by atoms with Crippen LogP contribution in [0.4, 0.5) is 0 Å². The van der Waals surface area contributed by atoms with Crippen molar-refractivity contribution in [3.63, 3.8) is 0 Å². The molecular formula is C22H32N4O3S. The van der Waals surface area contributed by atoms with Crippen LogP contribution in [0, 0.1) is 25.2 Å². The minimum absolute atomic E-state index is 0.149. The van der Waals surface area contributed by atoms with E-state index in [9.17, 15) is 18.5 Å². The lowest BCUT2D eigenvalue weighted by atomic mass is 9.92. The fraction of sp³-hybridized carbons (Fsp3) is 0.636. The molecular weight excluding hydrogens is 400 g/mol. The van der Waals surface area contributed by atoms with Gasteiger partial charge in [-0.2, -0.15) is 9.57 Å². The molecule has 30 heavy (non-hydrogen) atoms. The van der Waals surface area contributed by atoms with E-state index in [0.717, 1.165) is 36.8 Å². The van der Waals surface area contributed by atoms with E-state index in [1.807, 2.05) is 30.9 Å². The van der Waals surface area contributed by atoms with Crippen LogP contribution in [0.5, 0.6) is 0 Å². The van der Waals surface area contributed by atoms with Crippen LogP contribution in [0.1, 0.15) is 49.7 Å². The number of hydrogen-bond donors (Lipinski definition) is 1. The first-order chi connectivity index (χ1) is 14.3. The van der Waals surface area contributed by atoms with Crippen LogP contribution in [0.15, 0.2) is 23.1 Å². The lowest BCUT2D eigenvalue weighted by Gasteiger charge is -2.34. The van der Waals surface area contributed by atoms with E-state index in [1.165, 1.54) is 4.31 Å². The number of piperazine rings is 1. The highest BCUT2D eigenvalue weighted by Gasteiger charge is 2.34. The summed E-state index contributed by atoms with van der Waals surface area (Å²) in [6.07, 6.45) is 5.55. The van der Waals surface area contributed by atoms with Crippen LogP contribution in [0.3, 0.4) is 0 Å². The summed E-state index contributed by atoms with van der Waals surface area (Å²) in [4.78, 5) is 14.9. The highest BCUT2D eigenvalue weighted by atomic mass is 32.2. The van der Waals surface area contributed by atoms with Crippen molar-refractivity contribution in [3.05, 3.63) is 29.3 Å². The lowest BCUT2D eigenvalue weighted by Crippen LogP contribution is -2.54. The van der Waals surface area contributed by atoms with E-state index >= 15 is 0 Å². The van der Waals surface area contributed by atoms with Gasteiger partial charge in [0.1, 0.15) is 5.54 Å². The maximum atomic E-state index is 13.1. The molecule has 7 nitrogen and oxygen atoms in total. The molecule has 0 atom stereocenters. The molecule has 1 aromatic carbocycles. The van der Waals surface area contributed by atoms with E-state index in [0.29, 0.717) is 43.9 Å². The van der Waals surface area contributed by atoms with Crippen LogP contribution in [-0.2, 0) is 14.8 Å². The second-order valence-corrected chi connectivity index (χ2v) is 10.5. The molecule has 0 radical (unpaired) electrons. The molecule has 1 aliphatic heterocycles. The summed E-state index contributed by atoms with van der Waals surface area (Å²) < 4.78 is 27.6. The predicted molar refractivity (Wildman–Crippen MR) is 115 cm³/mol. The summed E-state index contributed by atoms with van der Waals surface area (Å²) in [7, 11) is -3.54. The zero-order valence-corrected chi connectivity index (χ0v) is 18.8. The molecule has 1 N–H and O–H groups in total. The molecule has 2 aliphatic rings. The molecule has 0 aromatic heterocycles. The van der Waals surface area contributed by atoms with E-state index in [4.69, 9.17) is 0 Å². The highest BCUT2D eigenvalue weighted by Crippen LogP contribution is 2.27. The van der Waals surface area contributed by atoms with Gasteiger partial charge in [0.05, 0.1) is 17.5 Å². The van der Waals surface area contributed by atoms with Gasteiger partial charge in [-0.25, -0.2) is 8.42 Å². The van der Waals surface area contributed by atoms with Crippen LogP contribution in [-0.4, -0.2) is 61.8 Å². The molecule has 1 aromatic rings. The van der Waals surface area contributed by atoms with Gasteiger partial charge in [-0.05, 0) is 43.9 Å². The Kier molecular flexibility index (Phi) is 7.17. The van der Waals surface area contributed by atoms with Gasteiger partial charge in [0.25, 0.3) is 0 Å². The third kappa shape index (κ3) is 5.20. The predicted octanol–water partition coefficient (Wildman–Crippen LogP) is 2.34. The van der Waals surface area contributed by atoms with Crippen molar-refractivity contribution in [1.29, 1.82) is 5.26 Å². The Labute approximate surface area is 180 Å². The maximum Gasteiger partial charge on any atom is 0.243 e. The fourth-order valence-corrected chi connectivity index (χ4v) is 6.09. The normalized spacial score (nSPS) is 20.8. The van der Waals surface area contributed by atoms with Crippen molar-refractivity contribution >= 4 is 15.9 Å². The number of nitriles is 1. The Bertz CT molecular complexity index is 907. The first kappa shape index (κ1) is 22.7. The molecule has 3 rings (SSSR count). The molecule has 1 amide bonds. The van der Waals surface area contributed by atoms with Crippen molar-refractivity contribution < 1.29 is 13.2 Å². The summed E-state index contributed by atoms with van der Waals surface area (Å²) >= 11 is 0. The Balaban J connectivity index is 1.57. The average molecular weight is 433 g/mol. The number of nitrogens with one attached hydrogen (secondary N) is 1. The molecule has 2 fully saturated rings. The van der Waals surface area contributed by atoms with Crippen LogP contribution < -0.4 is 5.32 Å². The minimum Gasteiger partial charge on any atom is -0.337 e. The summed E-state index contributed by atoms with van der Waals surface area (Å²) in [5.41, 5.74) is 0.911.